The van der Waals surface area contributed by atoms with Crippen molar-refractivity contribution in [1.82, 2.24) is 10.2 Å². The molecule has 0 unspecified atom stereocenters. The Balaban J connectivity index is 1.44. The first-order valence-electron chi connectivity index (χ1n) is 7.80. The largest absolute Gasteiger partial charge is 0.314 e. The van der Waals surface area contributed by atoms with Gasteiger partial charge in [0.25, 0.3) is 0 Å². The summed E-state index contributed by atoms with van der Waals surface area (Å²) >= 11 is 1.77. The van der Waals surface area contributed by atoms with Gasteiger partial charge in [-0.1, -0.05) is 24.3 Å². The van der Waals surface area contributed by atoms with Gasteiger partial charge in [0.05, 0.1) is 0 Å². The van der Waals surface area contributed by atoms with E-state index in [1.807, 2.05) is 0 Å². The quantitative estimate of drug-likeness (QED) is 0.800. The molecule has 2 nitrogen and oxygen atoms in total. The number of hydrogen-bond acceptors (Lipinski definition) is 3. The second-order valence-corrected chi connectivity index (χ2v) is 6.88. The molecule has 0 amide bonds. The molecule has 3 rings (SSSR count). The normalized spacial score (nSPS) is 14.8. The highest BCUT2D eigenvalue weighted by Crippen LogP contribution is 2.18. The van der Waals surface area contributed by atoms with Crippen LogP contribution in [0.2, 0.25) is 0 Å². The molecule has 0 aliphatic heterocycles. The van der Waals surface area contributed by atoms with Crippen molar-refractivity contribution >= 4 is 11.3 Å². The summed E-state index contributed by atoms with van der Waals surface area (Å²) < 4.78 is 0. The van der Waals surface area contributed by atoms with E-state index in [1.54, 1.807) is 11.3 Å². The molecule has 1 aliphatic rings. The fraction of sp³-hybridized carbons (Fsp3) is 0.444. The fourth-order valence-corrected chi connectivity index (χ4v) is 3.24. The average Bonchev–Trinajstić information content (AvgIpc) is 3.16. The third-order valence-corrected chi connectivity index (χ3v) is 4.66. The Hall–Kier alpha value is -1.16. The maximum Gasteiger partial charge on any atom is 0.0242 e. The molecule has 1 aromatic heterocycles. The lowest BCUT2D eigenvalue weighted by Crippen LogP contribution is -2.19. The van der Waals surface area contributed by atoms with Gasteiger partial charge in [-0.05, 0) is 66.4 Å². The Morgan fingerprint density at radius 2 is 1.76 bits per heavy atom. The molecule has 1 heterocycles. The van der Waals surface area contributed by atoms with E-state index in [4.69, 9.17) is 0 Å². The molecule has 0 bridgehead atoms. The summed E-state index contributed by atoms with van der Waals surface area (Å²) in [6, 6.07) is 12.1. The first-order valence-corrected chi connectivity index (χ1v) is 8.75. The van der Waals surface area contributed by atoms with Crippen LogP contribution in [0.1, 0.15) is 29.5 Å². The zero-order valence-corrected chi connectivity index (χ0v) is 13.5. The first-order chi connectivity index (χ1) is 10.3. The van der Waals surface area contributed by atoms with Gasteiger partial charge in [0.15, 0.2) is 0 Å². The van der Waals surface area contributed by atoms with Crippen LogP contribution in [-0.4, -0.2) is 24.5 Å². The first kappa shape index (κ1) is 14.8. The van der Waals surface area contributed by atoms with Crippen LogP contribution in [-0.2, 0) is 19.5 Å². The van der Waals surface area contributed by atoms with E-state index in [9.17, 15) is 0 Å². The minimum atomic E-state index is 0.815. The van der Waals surface area contributed by atoms with Crippen LogP contribution in [0.25, 0.3) is 0 Å². The minimum Gasteiger partial charge on any atom is -0.314 e. The highest BCUT2D eigenvalue weighted by atomic mass is 32.1. The van der Waals surface area contributed by atoms with Crippen molar-refractivity contribution in [2.24, 2.45) is 0 Å². The Labute approximate surface area is 131 Å². The van der Waals surface area contributed by atoms with Gasteiger partial charge >= 0.3 is 0 Å². The average molecular weight is 300 g/mol. The Kier molecular flexibility index (Phi) is 5.07. The number of nitrogens with zero attached hydrogens (tertiary/aromatic N) is 1. The second kappa shape index (κ2) is 7.21. The molecule has 3 heteroatoms. The van der Waals surface area contributed by atoms with Crippen LogP contribution in [0.3, 0.4) is 0 Å². The lowest BCUT2D eigenvalue weighted by atomic mass is 10.1. The molecule has 1 N–H and O–H groups in total. The standard InChI is InChI=1S/C18H24N2S/c1-20(13-17-9-11-21-14-17)12-16-4-2-15(3-5-16)8-10-19-18-6-7-18/h2-5,9,11,14,18-19H,6-8,10,12-13H2,1H3. The van der Waals surface area contributed by atoms with Crippen molar-refractivity contribution in [2.45, 2.75) is 38.4 Å². The molecule has 0 saturated heterocycles. The Bertz CT molecular complexity index is 529. The van der Waals surface area contributed by atoms with Gasteiger partial charge in [0, 0.05) is 19.1 Å². The van der Waals surface area contributed by atoms with E-state index in [2.05, 4.69) is 58.4 Å². The van der Waals surface area contributed by atoms with Crippen molar-refractivity contribution in [2.75, 3.05) is 13.6 Å². The molecule has 1 aliphatic carbocycles. The van der Waals surface area contributed by atoms with Gasteiger partial charge < -0.3 is 5.32 Å². The summed E-state index contributed by atoms with van der Waals surface area (Å²) in [5, 5.41) is 7.94. The summed E-state index contributed by atoms with van der Waals surface area (Å²) in [5.74, 6) is 0. The third-order valence-electron chi connectivity index (χ3n) is 3.93. The molecule has 0 atom stereocenters. The summed E-state index contributed by atoms with van der Waals surface area (Å²) in [6.45, 7) is 3.15. The number of hydrogen-bond donors (Lipinski definition) is 1. The molecule has 0 spiro atoms. The van der Waals surface area contributed by atoms with Crippen molar-refractivity contribution in [3.8, 4) is 0 Å². The van der Waals surface area contributed by atoms with E-state index in [-0.39, 0.29) is 0 Å². The number of benzene rings is 1. The fourth-order valence-electron chi connectivity index (χ4n) is 2.58. The lowest BCUT2D eigenvalue weighted by molar-refractivity contribution is 0.319. The monoisotopic (exact) mass is 300 g/mol. The van der Waals surface area contributed by atoms with E-state index in [0.29, 0.717) is 0 Å². The van der Waals surface area contributed by atoms with Crippen LogP contribution in [0.5, 0.6) is 0 Å². The zero-order chi connectivity index (χ0) is 14.5. The second-order valence-electron chi connectivity index (χ2n) is 6.10. The number of rotatable bonds is 8. The predicted octanol–water partition coefficient (Wildman–Crippen LogP) is 3.67. The van der Waals surface area contributed by atoms with Gasteiger partial charge in [-0.25, -0.2) is 0 Å². The van der Waals surface area contributed by atoms with Crippen molar-refractivity contribution < 1.29 is 0 Å². The third kappa shape index (κ3) is 4.95. The van der Waals surface area contributed by atoms with Crippen LogP contribution in [0.4, 0.5) is 0 Å². The van der Waals surface area contributed by atoms with Crippen molar-refractivity contribution in [1.29, 1.82) is 0 Å². The highest BCUT2D eigenvalue weighted by molar-refractivity contribution is 7.07. The maximum atomic E-state index is 3.57. The molecule has 2 aromatic rings. The van der Waals surface area contributed by atoms with Crippen LogP contribution >= 0.6 is 11.3 Å². The summed E-state index contributed by atoms with van der Waals surface area (Å²) in [7, 11) is 2.19. The van der Waals surface area contributed by atoms with Crippen LogP contribution in [0, 0.1) is 0 Å². The van der Waals surface area contributed by atoms with Crippen molar-refractivity contribution in [3.05, 3.63) is 57.8 Å². The van der Waals surface area contributed by atoms with E-state index in [0.717, 1.165) is 32.1 Å². The lowest BCUT2D eigenvalue weighted by Gasteiger charge is -2.16. The molecular formula is C18H24N2S. The van der Waals surface area contributed by atoms with Gasteiger partial charge in [0.2, 0.25) is 0 Å². The Morgan fingerprint density at radius 3 is 2.43 bits per heavy atom. The van der Waals surface area contributed by atoms with Crippen molar-refractivity contribution in [3.63, 3.8) is 0 Å². The summed E-state index contributed by atoms with van der Waals surface area (Å²) in [5.41, 5.74) is 4.24. The summed E-state index contributed by atoms with van der Waals surface area (Å²) in [6.07, 6.45) is 3.88. The topological polar surface area (TPSA) is 15.3 Å². The molecule has 0 radical (unpaired) electrons. The SMILES string of the molecule is CN(Cc1ccc(CCNC2CC2)cc1)Cc1ccsc1. The molecular weight excluding hydrogens is 276 g/mol. The maximum absolute atomic E-state index is 3.57. The van der Waals surface area contributed by atoms with E-state index < -0.39 is 0 Å². The minimum absolute atomic E-state index is 0.815. The smallest absolute Gasteiger partial charge is 0.0242 e. The highest BCUT2D eigenvalue weighted by Gasteiger charge is 2.19. The number of thiophene rings is 1. The molecule has 21 heavy (non-hydrogen) atoms. The van der Waals surface area contributed by atoms with Crippen LogP contribution < -0.4 is 5.32 Å². The molecule has 1 fully saturated rings. The Morgan fingerprint density at radius 1 is 1.05 bits per heavy atom. The van der Waals surface area contributed by atoms with Crippen LogP contribution in [0.15, 0.2) is 41.1 Å². The van der Waals surface area contributed by atoms with Gasteiger partial charge in [0.1, 0.15) is 0 Å². The number of nitrogens with one attached hydrogen (secondary N) is 1. The molecule has 1 saturated carbocycles. The van der Waals surface area contributed by atoms with Gasteiger partial charge in [-0.15, -0.1) is 0 Å². The molecule has 112 valence electrons. The van der Waals surface area contributed by atoms with E-state index >= 15 is 0 Å². The van der Waals surface area contributed by atoms with Gasteiger partial charge in [-0.2, -0.15) is 11.3 Å². The zero-order valence-electron chi connectivity index (χ0n) is 12.7. The predicted molar refractivity (Wildman–Crippen MR) is 90.7 cm³/mol. The van der Waals surface area contributed by atoms with E-state index in [1.165, 1.54) is 29.5 Å². The molecule has 1 aromatic carbocycles. The summed E-state index contributed by atoms with van der Waals surface area (Å²) in [4.78, 5) is 2.37. The van der Waals surface area contributed by atoms with Gasteiger partial charge in [-0.3, -0.25) is 4.90 Å².